The summed E-state index contributed by atoms with van der Waals surface area (Å²) >= 11 is 3.27. The van der Waals surface area contributed by atoms with E-state index in [9.17, 15) is 0 Å². The number of rotatable bonds is 2. The minimum absolute atomic E-state index is 0.827. The maximum absolute atomic E-state index is 4.59. The van der Waals surface area contributed by atoms with Crippen LogP contribution in [0.15, 0.2) is 47.1 Å². The van der Waals surface area contributed by atoms with E-state index < -0.39 is 0 Å². The molecular formula is C13H10N2S2. The molecule has 0 atom stereocenters. The molecule has 0 saturated carbocycles. The summed E-state index contributed by atoms with van der Waals surface area (Å²) in [5.74, 6) is 0. The summed E-state index contributed by atoms with van der Waals surface area (Å²) in [6.45, 7) is 0. The molecule has 84 valence electrons. The van der Waals surface area contributed by atoms with Gasteiger partial charge in [0.1, 0.15) is 0 Å². The number of hydrogen-bond acceptors (Lipinski definition) is 4. The minimum atomic E-state index is 0.827. The zero-order chi connectivity index (χ0) is 11.7. The van der Waals surface area contributed by atoms with E-state index in [1.165, 1.54) is 11.1 Å². The van der Waals surface area contributed by atoms with E-state index in [1.807, 2.05) is 18.5 Å². The Kier molecular flexibility index (Phi) is 2.82. The number of aromatic nitrogens is 2. The van der Waals surface area contributed by atoms with Gasteiger partial charge in [0, 0.05) is 17.1 Å². The highest BCUT2D eigenvalue weighted by Crippen LogP contribution is 2.32. The standard InChI is InChI=1S/C13H10N2S2/c1-16-13-14-7-11-12(15-13)10(8-17-11)9-5-3-2-4-6-9/h2-8H,1H3. The third kappa shape index (κ3) is 1.94. The van der Waals surface area contributed by atoms with E-state index in [0.29, 0.717) is 0 Å². The highest BCUT2D eigenvalue weighted by Gasteiger charge is 2.08. The predicted octanol–water partition coefficient (Wildman–Crippen LogP) is 4.08. The van der Waals surface area contributed by atoms with Crippen LogP contribution < -0.4 is 0 Å². The van der Waals surface area contributed by atoms with Crippen LogP contribution in [0.2, 0.25) is 0 Å². The molecule has 3 aromatic rings. The van der Waals surface area contributed by atoms with Crippen molar-refractivity contribution in [2.75, 3.05) is 6.26 Å². The average Bonchev–Trinajstić information content (AvgIpc) is 2.82. The topological polar surface area (TPSA) is 25.8 Å². The van der Waals surface area contributed by atoms with E-state index in [4.69, 9.17) is 0 Å². The minimum Gasteiger partial charge on any atom is -0.230 e. The lowest BCUT2D eigenvalue weighted by Gasteiger charge is -1.99. The summed E-state index contributed by atoms with van der Waals surface area (Å²) < 4.78 is 1.14. The summed E-state index contributed by atoms with van der Waals surface area (Å²) in [5, 5.41) is 2.98. The van der Waals surface area contributed by atoms with Gasteiger partial charge in [-0.25, -0.2) is 9.97 Å². The van der Waals surface area contributed by atoms with Crippen LogP contribution in [0.4, 0.5) is 0 Å². The van der Waals surface area contributed by atoms with Crippen molar-refractivity contribution in [3.05, 3.63) is 41.9 Å². The SMILES string of the molecule is CSc1ncc2scc(-c3ccccc3)c2n1. The zero-order valence-corrected chi connectivity index (χ0v) is 10.9. The molecule has 0 saturated heterocycles. The summed E-state index contributed by atoms with van der Waals surface area (Å²) in [5.41, 5.74) is 3.47. The lowest BCUT2D eigenvalue weighted by molar-refractivity contribution is 1.01. The first kappa shape index (κ1) is 10.7. The second-order valence-corrected chi connectivity index (χ2v) is 5.27. The molecule has 0 N–H and O–H groups in total. The van der Waals surface area contributed by atoms with Crippen molar-refractivity contribution >= 4 is 33.3 Å². The molecule has 2 heterocycles. The molecule has 1 aromatic carbocycles. The molecule has 4 heteroatoms. The third-order valence-electron chi connectivity index (χ3n) is 2.56. The smallest absolute Gasteiger partial charge is 0.187 e. The van der Waals surface area contributed by atoms with E-state index >= 15 is 0 Å². The number of benzene rings is 1. The molecule has 3 rings (SSSR count). The van der Waals surface area contributed by atoms with Crippen molar-refractivity contribution in [3.8, 4) is 11.1 Å². The summed E-state index contributed by atoms with van der Waals surface area (Å²) in [4.78, 5) is 8.89. The molecular weight excluding hydrogens is 248 g/mol. The van der Waals surface area contributed by atoms with Crippen LogP contribution >= 0.6 is 23.1 Å². The Morgan fingerprint density at radius 2 is 2.00 bits per heavy atom. The Balaban J connectivity index is 2.23. The quantitative estimate of drug-likeness (QED) is 0.511. The summed E-state index contributed by atoms with van der Waals surface area (Å²) in [6.07, 6.45) is 3.90. The van der Waals surface area contributed by atoms with E-state index in [0.717, 1.165) is 15.4 Å². The second-order valence-electron chi connectivity index (χ2n) is 3.58. The molecule has 0 aliphatic rings. The lowest BCUT2D eigenvalue weighted by Crippen LogP contribution is -1.85. The van der Waals surface area contributed by atoms with Gasteiger partial charge in [-0.15, -0.1) is 11.3 Å². The Morgan fingerprint density at radius 3 is 2.76 bits per heavy atom. The Morgan fingerprint density at radius 1 is 1.18 bits per heavy atom. The van der Waals surface area contributed by atoms with Gasteiger partial charge in [0.2, 0.25) is 0 Å². The molecule has 0 unspecified atom stereocenters. The van der Waals surface area contributed by atoms with Crippen LogP contribution in [-0.4, -0.2) is 16.2 Å². The first-order chi connectivity index (χ1) is 8.38. The van der Waals surface area contributed by atoms with Crippen molar-refractivity contribution in [1.29, 1.82) is 0 Å². The zero-order valence-electron chi connectivity index (χ0n) is 9.25. The Hall–Kier alpha value is -1.39. The fraction of sp³-hybridized carbons (Fsp3) is 0.0769. The molecule has 0 aliphatic carbocycles. The monoisotopic (exact) mass is 258 g/mol. The molecule has 0 fully saturated rings. The van der Waals surface area contributed by atoms with E-state index in [-0.39, 0.29) is 0 Å². The molecule has 17 heavy (non-hydrogen) atoms. The molecule has 0 radical (unpaired) electrons. The number of fused-ring (bicyclic) bond motifs is 1. The predicted molar refractivity (Wildman–Crippen MR) is 74.6 cm³/mol. The summed E-state index contributed by atoms with van der Waals surface area (Å²) in [7, 11) is 0. The molecule has 0 aliphatic heterocycles. The number of hydrogen-bond donors (Lipinski definition) is 0. The largest absolute Gasteiger partial charge is 0.230 e. The first-order valence-corrected chi connectivity index (χ1v) is 7.32. The molecule has 0 bridgehead atoms. The van der Waals surface area contributed by atoms with Crippen LogP contribution in [-0.2, 0) is 0 Å². The van der Waals surface area contributed by atoms with Crippen molar-refractivity contribution in [1.82, 2.24) is 9.97 Å². The maximum atomic E-state index is 4.59. The fourth-order valence-corrected chi connectivity index (χ4v) is 2.95. The van der Waals surface area contributed by atoms with Gasteiger partial charge in [-0.2, -0.15) is 0 Å². The number of thioether (sulfide) groups is 1. The van der Waals surface area contributed by atoms with Crippen molar-refractivity contribution < 1.29 is 0 Å². The average molecular weight is 258 g/mol. The highest BCUT2D eigenvalue weighted by atomic mass is 32.2. The van der Waals surface area contributed by atoms with Gasteiger partial charge >= 0.3 is 0 Å². The van der Waals surface area contributed by atoms with Crippen LogP contribution in [0.25, 0.3) is 21.3 Å². The number of thiophene rings is 1. The van der Waals surface area contributed by atoms with Crippen LogP contribution in [0.1, 0.15) is 0 Å². The fourth-order valence-electron chi connectivity index (χ4n) is 1.73. The van der Waals surface area contributed by atoms with Gasteiger partial charge in [0.05, 0.1) is 10.2 Å². The molecule has 2 aromatic heterocycles. The summed E-state index contributed by atoms with van der Waals surface area (Å²) in [6, 6.07) is 10.4. The molecule has 0 amide bonds. The van der Waals surface area contributed by atoms with Gasteiger partial charge in [0.15, 0.2) is 5.16 Å². The first-order valence-electron chi connectivity index (χ1n) is 5.22. The lowest BCUT2D eigenvalue weighted by atomic mass is 10.1. The van der Waals surface area contributed by atoms with Crippen LogP contribution in [0, 0.1) is 0 Å². The number of nitrogens with zero attached hydrogens (tertiary/aromatic N) is 2. The van der Waals surface area contributed by atoms with E-state index in [1.54, 1.807) is 23.1 Å². The van der Waals surface area contributed by atoms with Gasteiger partial charge in [0.25, 0.3) is 0 Å². The van der Waals surface area contributed by atoms with Gasteiger partial charge in [-0.05, 0) is 11.8 Å². The normalized spacial score (nSPS) is 10.9. The highest BCUT2D eigenvalue weighted by molar-refractivity contribution is 7.98. The second kappa shape index (κ2) is 4.47. The van der Waals surface area contributed by atoms with Crippen LogP contribution in [0.3, 0.4) is 0 Å². The van der Waals surface area contributed by atoms with Gasteiger partial charge < -0.3 is 0 Å². The van der Waals surface area contributed by atoms with Crippen LogP contribution in [0.5, 0.6) is 0 Å². The molecule has 2 nitrogen and oxygen atoms in total. The Bertz CT molecular complexity index is 647. The van der Waals surface area contributed by atoms with Crippen molar-refractivity contribution in [2.45, 2.75) is 5.16 Å². The third-order valence-corrected chi connectivity index (χ3v) is 4.03. The Labute approximate surface area is 108 Å². The van der Waals surface area contributed by atoms with Gasteiger partial charge in [-0.1, -0.05) is 42.1 Å². The molecule has 0 spiro atoms. The van der Waals surface area contributed by atoms with E-state index in [2.05, 4.69) is 39.6 Å². The maximum Gasteiger partial charge on any atom is 0.187 e. The van der Waals surface area contributed by atoms with Crippen molar-refractivity contribution in [3.63, 3.8) is 0 Å². The van der Waals surface area contributed by atoms with Gasteiger partial charge in [-0.3, -0.25) is 0 Å². The van der Waals surface area contributed by atoms with Crippen molar-refractivity contribution in [2.24, 2.45) is 0 Å².